The minimum Gasteiger partial charge on any atom is -0.389 e. The fourth-order valence-corrected chi connectivity index (χ4v) is 4.36. The molecule has 0 aromatic heterocycles. The summed E-state index contributed by atoms with van der Waals surface area (Å²) in [6.07, 6.45) is 5.65. The zero-order valence-electron chi connectivity index (χ0n) is 10.0. The largest absolute Gasteiger partial charge is 0.389 e. The van der Waals surface area contributed by atoms with Gasteiger partial charge in [0.05, 0.1) is 6.10 Å². The van der Waals surface area contributed by atoms with Crippen LogP contribution in [0.4, 0.5) is 0 Å². The second kappa shape index (κ2) is 2.88. The molecule has 0 bridgehead atoms. The minimum atomic E-state index is -0.122. The standard InChI is InChI=1S/C14H22O/c1-8-4-7-11(15)9-5-6-10-13(12(8)9)14(10,2)3/h5,8,10-13,15H,4,6-7H2,1-3H3/t8-,10-,11-,12-,13+/m1/s1. The lowest BCUT2D eigenvalue weighted by molar-refractivity contribution is 0.117. The Morgan fingerprint density at radius 2 is 2.07 bits per heavy atom. The maximum absolute atomic E-state index is 10.1. The molecule has 0 aliphatic heterocycles. The van der Waals surface area contributed by atoms with E-state index in [4.69, 9.17) is 0 Å². The van der Waals surface area contributed by atoms with Gasteiger partial charge in [-0.1, -0.05) is 26.8 Å². The molecule has 0 heterocycles. The van der Waals surface area contributed by atoms with Crippen molar-refractivity contribution in [1.29, 1.82) is 0 Å². The SMILES string of the molecule is C[C@@H]1CC[C@@H](O)C2=CC[C@@H]3[C@@H]([C@@H]21)C3(C)C. The average Bonchev–Trinajstić information content (AvgIpc) is 2.76. The van der Waals surface area contributed by atoms with Gasteiger partial charge in [0.15, 0.2) is 0 Å². The topological polar surface area (TPSA) is 20.2 Å². The van der Waals surface area contributed by atoms with Crippen LogP contribution in [0.5, 0.6) is 0 Å². The highest BCUT2D eigenvalue weighted by Gasteiger charge is 2.63. The summed E-state index contributed by atoms with van der Waals surface area (Å²) in [7, 11) is 0. The molecule has 5 atom stereocenters. The maximum Gasteiger partial charge on any atom is 0.0753 e. The molecule has 0 amide bonds. The average molecular weight is 206 g/mol. The Morgan fingerprint density at radius 1 is 1.33 bits per heavy atom. The monoisotopic (exact) mass is 206 g/mol. The van der Waals surface area contributed by atoms with E-state index in [0.29, 0.717) is 11.3 Å². The van der Waals surface area contributed by atoms with Crippen LogP contribution in [0.15, 0.2) is 11.6 Å². The zero-order chi connectivity index (χ0) is 10.8. The number of hydrogen-bond acceptors (Lipinski definition) is 1. The molecule has 0 unspecified atom stereocenters. The van der Waals surface area contributed by atoms with Crippen LogP contribution in [-0.4, -0.2) is 11.2 Å². The first-order valence-electron chi connectivity index (χ1n) is 6.41. The lowest BCUT2D eigenvalue weighted by Crippen LogP contribution is -2.33. The number of hydrogen-bond donors (Lipinski definition) is 1. The van der Waals surface area contributed by atoms with Gasteiger partial charge in [0.2, 0.25) is 0 Å². The van der Waals surface area contributed by atoms with Gasteiger partial charge in [-0.3, -0.25) is 0 Å². The van der Waals surface area contributed by atoms with Gasteiger partial charge in [0.25, 0.3) is 0 Å². The van der Waals surface area contributed by atoms with E-state index in [9.17, 15) is 5.11 Å². The van der Waals surface area contributed by atoms with Crippen molar-refractivity contribution >= 4 is 0 Å². The van der Waals surface area contributed by atoms with Gasteiger partial charge in [0.1, 0.15) is 0 Å². The summed E-state index contributed by atoms with van der Waals surface area (Å²) < 4.78 is 0. The summed E-state index contributed by atoms with van der Waals surface area (Å²) in [5.41, 5.74) is 1.93. The Hall–Kier alpha value is -0.300. The minimum absolute atomic E-state index is 0.122. The lowest BCUT2D eigenvalue weighted by atomic mass is 9.69. The highest BCUT2D eigenvalue weighted by atomic mass is 16.3. The van der Waals surface area contributed by atoms with Crippen molar-refractivity contribution in [3.8, 4) is 0 Å². The first kappa shape index (κ1) is 9.89. The van der Waals surface area contributed by atoms with Crippen LogP contribution in [0, 0.1) is 29.1 Å². The third-order valence-corrected chi connectivity index (χ3v) is 5.41. The van der Waals surface area contributed by atoms with Crippen molar-refractivity contribution in [2.75, 3.05) is 0 Å². The third-order valence-electron chi connectivity index (χ3n) is 5.41. The molecular weight excluding hydrogens is 184 g/mol. The molecule has 0 aromatic carbocycles. The van der Waals surface area contributed by atoms with E-state index in [1.165, 1.54) is 18.4 Å². The van der Waals surface area contributed by atoms with E-state index in [1.807, 2.05) is 0 Å². The summed E-state index contributed by atoms with van der Waals surface area (Å²) in [5, 5.41) is 10.1. The van der Waals surface area contributed by atoms with E-state index in [1.54, 1.807) is 0 Å². The lowest BCUT2D eigenvalue weighted by Gasteiger charge is -2.37. The highest BCUT2D eigenvalue weighted by molar-refractivity contribution is 5.29. The fourth-order valence-electron chi connectivity index (χ4n) is 4.36. The second-order valence-electron chi connectivity index (χ2n) is 6.49. The van der Waals surface area contributed by atoms with Crippen molar-refractivity contribution in [2.24, 2.45) is 29.1 Å². The quantitative estimate of drug-likeness (QED) is 0.604. The second-order valence-corrected chi connectivity index (χ2v) is 6.49. The molecule has 2 saturated carbocycles. The zero-order valence-corrected chi connectivity index (χ0v) is 10.0. The predicted octanol–water partition coefficient (Wildman–Crippen LogP) is 3.00. The number of aliphatic hydroxyl groups is 1. The molecule has 2 fully saturated rings. The van der Waals surface area contributed by atoms with Crippen molar-refractivity contribution in [3.05, 3.63) is 11.6 Å². The Kier molecular flexibility index (Phi) is 1.90. The molecule has 0 radical (unpaired) electrons. The Balaban J connectivity index is 1.94. The van der Waals surface area contributed by atoms with E-state index in [0.717, 1.165) is 24.2 Å². The van der Waals surface area contributed by atoms with Crippen molar-refractivity contribution in [3.63, 3.8) is 0 Å². The molecule has 3 rings (SSSR count). The van der Waals surface area contributed by atoms with Crippen LogP contribution in [0.1, 0.15) is 40.0 Å². The van der Waals surface area contributed by atoms with Crippen LogP contribution in [0.3, 0.4) is 0 Å². The molecule has 15 heavy (non-hydrogen) atoms. The summed E-state index contributed by atoms with van der Waals surface area (Å²) in [6.45, 7) is 7.20. The summed E-state index contributed by atoms with van der Waals surface area (Å²) in [4.78, 5) is 0. The molecule has 84 valence electrons. The van der Waals surface area contributed by atoms with Gasteiger partial charge in [0, 0.05) is 0 Å². The Bertz CT molecular complexity index is 315. The van der Waals surface area contributed by atoms with E-state index in [2.05, 4.69) is 26.8 Å². The van der Waals surface area contributed by atoms with Crippen LogP contribution >= 0.6 is 0 Å². The van der Waals surface area contributed by atoms with E-state index < -0.39 is 0 Å². The number of fused-ring (bicyclic) bond motifs is 3. The first-order chi connectivity index (χ1) is 7.03. The molecule has 1 nitrogen and oxygen atoms in total. The van der Waals surface area contributed by atoms with Crippen LogP contribution < -0.4 is 0 Å². The molecule has 3 aliphatic rings. The molecule has 1 heteroatoms. The van der Waals surface area contributed by atoms with Gasteiger partial charge >= 0.3 is 0 Å². The molecular formula is C14H22O. The predicted molar refractivity (Wildman–Crippen MR) is 61.4 cm³/mol. The Morgan fingerprint density at radius 3 is 2.80 bits per heavy atom. The molecule has 0 saturated heterocycles. The van der Waals surface area contributed by atoms with Crippen molar-refractivity contribution < 1.29 is 5.11 Å². The van der Waals surface area contributed by atoms with Crippen LogP contribution in [0.2, 0.25) is 0 Å². The van der Waals surface area contributed by atoms with Crippen LogP contribution in [0.25, 0.3) is 0 Å². The van der Waals surface area contributed by atoms with Crippen molar-refractivity contribution in [2.45, 2.75) is 46.1 Å². The van der Waals surface area contributed by atoms with E-state index in [-0.39, 0.29) is 6.10 Å². The van der Waals surface area contributed by atoms with Gasteiger partial charge in [-0.2, -0.15) is 0 Å². The number of allylic oxidation sites excluding steroid dienone is 1. The fraction of sp³-hybridized carbons (Fsp3) is 0.857. The summed E-state index contributed by atoms with van der Waals surface area (Å²) >= 11 is 0. The number of rotatable bonds is 0. The summed E-state index contributed by atoms with van der Waals surface area (Å²) in [6, 6.07) is 0. The van der Waals surface area contributed by atoms with Gasteiger partial charge in [-0.05, 0) is 53.9 Å². The normalized spacial score (nSPS) is 51.5. The van der Waals surface area contributed by atoms with Crippen LogP contribution in [-0.2, 0) is 0 Å². The molecule has 0 spiro atoms. The Labute approximate surface area is 92.6 Å². The van der Waals surface area contributed by atoms with Gasteiger partial charge in [-0.25, -0.2) is 0 Å². The van der Waals surface area contributed by atoms with E-state index >= 15 is 0 Å². The third kappa shape index (κ3) is 1.19. The molecule has 0 aromatic rings. The molecule has 1 N–H and O–H groups in total. The van der Waals surface area contributed by atoms with Crippen molar-refractivity contribution in [1.82, 2.24) is 0 Å². The highest BCUT2D eigenvalue weighted by Crippen LogP contribution is 2.69. The number of aliphatic hydroxyl groups excluding tert-OH is 1. The smallest absolute Gasteiger partial charge is 0.0753 e. The summed E-state index contributed by atoms with van der Waals surface area (Å²) in [5.74, 6) is 3.25. The maximum atomic E-state index is 10.1. The molecule has 3 aliphatic carbocycles. The van der Waals surface area contributed by atoms with Gasteiger partial charge < -0.3 is 5.11 Å². The first-order valence-corrected chi connectivity index (χ1v) is 6.41. The van der Waals surface area contributed by atoms with Gasteiger partial charge in [-0.15, -0.1) is 0 Å².